The summed E-state index contributed by atoms with van der Waals surface area (Å²) in [4.78, 5) is 11.4. The molecular formula is C9H17N5O. The van der Waals surface area contributed by atoms with Crippen LogP contribution in [0.3, 0.4) is 0 Å². The summed E-state index contributed by atoms with van der Waals surface area (Å²) in [6.07, 6.45) is 3.34. The van der Waals surface area contributed by atoms with Gasteiger partial charge in [-0.2, -0.15) is 0 Å². The van der Waals surface area contributed by atoms with Crippen molar-refractivity contribution in [2.24, 2.45) is 11.7 Å². The van der Waals surface area contributed by atoms with Crippen LogP contribution in [0.1, 0.15) is 13.8 Å². The van der Waals surface area contributed by atoms with Crippen molar-refractivity contribution in [2.75, 3.05) is 6.54 Å². The Kier molecular flexibility index (Phi) is 4.23. The molecule has 0 spiro atoms. The second kappa shape index (κ2) is 5.45. The van der Waals surface area contributed by atoms with Crippen molar-refractivity contribution in [1.82, 2.24) is 20.3 Å². The van der Waals surface area contributed by atoms with Crippen LogP contribution in [0, 0.1) is 5.92 Å². The predicted octanol–water partition coefficient (Wildman–Crippen LogP) is -0.622. The second-order valence-corrected chi connectivity index (χ2v) is 3.73. The third-order valence-electron chi connectivity index (χ3n) is 2.13. The van der Waals surface area contributed by atoms with E-state index in [1.165, 1.54) is 0 Å². The SMILES string of the molecule is CC(C)C(N)C(=O)NCCn1ccnn1. The van der Waals surface area contributed by atoms with Gasteiger partial charge in [-0.25, -0.2) is 0 Å². The Morgan fingerprint density at radius 2 is 2.33 bits per heavy atom. The highest BCUT2D eigenvalue weighted by Gasteiger charge is 2.16. The summed E-state index contributed by atoms with van der Waals surface area (Å²) in [6, 6.07) is -0.444. The Morgan fingerprint density at radius 1 is 1.60 bits per heavy atom. The second-order valence-electron chi connectivity index (χ2n) is 3.73. The van der Waals surface area contributed by atoms with E-state index in [0.29, 0.717) is 13.1 Å². The topological polar surface area (TPSA) is 85.8 Å². The molecule has 3 N–H and O–H groups in total. The van der Waals surface area contributed by atoms with E-state index in [4.69, 9.17) is 5.73 Å². The Balaban J connectivity index is 2.23. The van der Waals surface area contributed by atoms with Gasteiger partial charge in [0.25, 0.3) is 0 Å². The largest absolute Gasteiger partial charge is 0.353 e. The average Bonchev–Trinajstić information content (AvgIpc) is 2.69. The predicted molar refractivity (Wildman–Crippen MR) is 55.8 cm³/mol. The first-order valence-electron chi connectivity index (χ1n) is 4.98. The zero-order valence-electron chi connectivity index (χ0n) is 9.05. The molecule has 1 amide bonds. The van der Waals surface area contributed by atoms with Crippen LogP contribution in [0.25, 0.3) is 0 Å². The van der Waals surface area contributed by atoms with Gasteiger partial charge in [0.05, 0.1) is 18.8 Å². The van der Waals surface area contributed by atoms with Crippen molar-refractivity contribution in [3.63, 3.8) is 0 Å². The molecule has 1 aromatic heterocycles. The van der Waals surface area contributed by atoms with E-state index >= 15 is 0 Å². The van der Waals surface area contributed by atoms with Crippen LogP contribution < -0.4 is 11.1 Å². The molecule has 0 saturated carbocycles. The summed E-state index contributed by atoms with van der Waals surface area (Å²) in [5, 5.41) is 10.2. The highest BCUT2D eigenvalue weighted by molar-refractivity contribution is 5.81. The third kappa shape index (κ3) is 3.67. The van der Waals surface area contributed by atoms with Crippen molar-refractivity contribution in [2.45, 2.75) is 26.4 Å². The number of nitrogens with one attached hydrogen (secondary N) is 1. The molecule has 15 heavy (non-hydrogen) atoms. The molecule has 0 saturated heterocycles. The van der Waals surface area contributed by atoms with Crippen LogP contribution in [0.5, 0.6) is 0 Å². The highest BCUT2D eigenvalue weighted by Crippen LogP contribution is 1.97. The molecule has 0 aromatic carbocycles. The smallest absolute Gasteiger partial charge is 0.237 e. The molecule has 84 valence electrons. The summed E-state index contributed by atoms with van der Waals surface area (Å²) >= 11 is 0. The number of carbonyl (C=O) groups excluding carboxylic acids is 1. The number of hydrogen-bond donors (Lipinski definition) is 2. The molecule has 1 atom stereocenters. The fourth-order valence-corrected chi connectivity index (χ4v) is 1.07. The monoisotopic (exact) mass is 211 g/mol. The van der Waals surface area contributed by atoms with Gasteiger partial charge in [-0.3, -0.25) is 9.48 Å². The molecule has 0 aliphatic heterocycles. The number of aromatic nitrogens is 3. The standard InChI is InChI=1S/C9H17N5O/c1-7(2)8(10)9(15)11-3-5-14-6-4-12-13-14/h4,6-8H,3,5,10H2,1-2H3,(H,11,15). The van der Waals surface area contributed by atoms with Crippen LogP contribution in [-0.2, 0) is 11.3 Å². The Hall–Kier alpha value is -1.43. The van der Waals surface area contributed by atoms with Gasteiger partial charge in [-0.1, -0.05) is 19.1 Å². The van der Waals surface area contributed by atoms with E-state index in [9.17, 15) is 4.79 Å². The fourth-order valence-electron chi connectivity index (χ4n) is 1.07. The van der Waals surface area contributed by atoms with Crippen molar-refractivity contribution in [3.05, 3.63) is 12.4 Å². The van der Waals surface area contributed by atoms with Crippen LogP contribution in [0.2, 0.25) is 0 Å². The molecule has 0 aliphatic rings. The van der Waals surface area contributed by atoms with Gasteiger partial charge in [-0.05, 0) is 5.92 Å². The van der Waals surface area contributed by atoms with Crippen molar-refractivity contribution < 1.29 is 4.79 Å². The van der Waals surface area contributed by atoms with E-state index in [2.05, 4.69) is 15.6 Å². The molecule has 0 fully saturated rings. The maximum atomic E-state index is 11.4. The van der Waals surface area contributed by atoms with E-state index in [1.807, 2.05) is 13.8 Å². The molecule has 0 radical (unpaired) electrons. The lowest BCUT2D eigenvalue weighted by Gasteiger charge is -2.14. The minimum Gasteiger partial charge on any atom is -0.353 e. The maximum absolute atomic E-state index is 11.4. The van der Waals surface area contributed by atoms with Crippen LogP contribution >= 0.6 is 0 Å². The van der Waals surface area contributed by atoms with E-state index < -0.39 is 6.04 Å². The van der Waals surface area contributed by atoms with Crippen molar-refractivity contribution >= 4 is 5.91 Å². The lowest BCUT2D eigenvalue weighted by molar-refractivity contribution is -0.123. The number of hydrogen-bond acceptors (Lipinski definition) is 4. The van der Waals surface area contributed by atoms with Gasteiger partial charge in [0.15, 0.2) is 0 Å². The van der Waals surface area contributed by atoms with Crippen LogP contribution in [-0.4, -0.2) is 33.5 Å². The summed E-state index contributed by atoms with van der Waals surface area (Å²) in [5.74, 6) is 0.0292. The normalized spacial score (nSPS) is 12.8. The fraction of sp³-hybridized carbons (Fsp3) is 0.667. The number of carbonyl (C=O) groups is 1. The summed E-state index contributed by atoms with van der Waals surface area (Å²) in [6.45, 7) is 4.96. The number of amides is 1. The van der Waals surface area contributed by atoms with E-state index in [-0.39, 0.29) is 11.8 Å². The first-order chi connectivity index (χ1) is 7.11. The summed E-state index contributed by atoms with van der Waals surface area (Å²) < 4.78 is 1.65. The Bertz CT molecular complexity index is 295. The van der Waals surface area contributed by atoms with Gasteiger partial charge >= 0.3 is 0 Å². The zero-order valence-corrected chi connectivity index (χ0v) is 9.05. The Morgan fingerprint density at radius 3 is 2.87 bits per heavy atom. The minimum atomic E-state index is -0.444. The maximum Gasteiger partial charge on any atom is 0.237 e. The Labute approximate surface area is 88.8 Å². The molecule has 0 aliphatic carbocycles. The number of rotatable bonds is 5. The van der Waals surface area contributed by atoms with E-state index in [1.54, 1.807) is 17.1 Å². The first kappa shape index (κ1) is 11.6. The highest BCUT2D eigenvalue weighted by atomic mass is 16.2. The molecule has 1 rings (SSSR count). The average molecular weight is 211 g/mol. The summed E-state index contributed by atoms with van der Waals surface area (Å²) in [5.41, 5.74) is 5.67. The lowest BCUT2D eigenvalue weighted by atomic mass is 10.1. The number of nitrogens with two attached hydrogens (primary N) is 1. The van der Waals surface area contributed by atoms with Crippen LogP contribution in [0.4, 0.5) is 0 Å². The third-order valence-corrected chi connectivity index (χ3v) is 2.13. The lowest BCUT2D eigenvalue weighted by Crippen LogP contribution is -2.44. The summed E-state index contributed by atoms with van der Waals surface area (Å²) in [7, 11) is 0. The van der Waals surface area contributed by atoms with Gasteiger partial charge in [0, 0.05) is 12.7 Å². The first-order valence-corrected chi connectivity index (χ1v) is 4.98. The molecule has 1 aromatic rings. The van der Waals surface area contributed by atoms with E-state index in [0.717, 1.165) is 0 Å². The van der Waals surface area contributed by atoms with Gasteiger partial charge in [0.2, 0.25) is 5.91 Å². The molecule has 6 nitrogen and oxygen atoms in total. The van der Waals surface area contributed by atoms with Gasteiger partial charge in [-0.15, -0.1) is 5.10 Å². The molecule has 1 unspecified atom stereocenters. The molecule has 0 bridgehead atoms. The van der Waals surface area contributed by atoms with Crippen molar-refractivity contribution in [1.29, 1.82) is 0 Å². The quantitative estimate of drug-likeness (QED) is 0.679. The van der Waals surface area contributed by atoms with Gasteiger partial charge < -0.3 is 11.1 Å². The number of nitrogens with zero attached hydrogens (tertiary/aromatic N) is 3. The minimum absolute atomic E-state index is 0.120. The van der Waals surface area contributed by atoms with Gasteiger partial charge in [0.1, 0.15) is 0 Å². The zero-order chi connectivity index (χ0) is 11.3. The molecule has 1 heterocycles. The van der Waals surface area contributed by atoms with Crippen LogP contribution in [0.15, 0.2) is 12.4 Å². The molecule has 6 heteroatoms. The molecular weight excluding hydrogens is 194 g/mol. The van der Waals surface area contributed by atoms with Crippen molar-refractivity contribution in [3.8, 4) is 0 Å².